The number of nitrogens with zero attached hydrogens (tertiary/aromatic N) is 2. The fourth-order valence-corrected chi connectivity index (χ4v) is 11.6. The minimum absolute atomic E-state index is 0.106. The Kier molecular flexibility index (Phi) is 5.43. The normalized spacial score (nSPS) is 45.6. The Morgan fingerprint density at radius 1 is 0.943 bits per heavy atom. The van der Waals surface area contributed by atoms with Crippen LogP contribution < -0.4 is 0 Å². The highest BCUT2D eigenvalue weighted by Gasteiger charge is 2.70. The Labute approximate surface area is 211 Å². The molecular formula is C29H43N2O3S+. The lowest BCUT2D eigenvalue weighted by molar-refractivity contribution is -0.984. The summed E-state index contributed by atoms with van der Waals surface area (Å²) in [5.41, 5.74) is 0.304. The zero-order valence-corrected chi connectivity index (χ0v) is 22.8. The fourth-order valence-electron chi connectivity index (χ4n) is 9.65. The smallest absolute Gasteiger partial charge is 0.227 e. The first-order valence-electron chi connectivity index (χ1n) is 14.0. The van der Waals surface area contributed by atoms with Crippen molar-refractivity contribution in [3.05, 3.63) is 30.3 Å². The largest absolute Gasteiger partial charge is 0.351 e. The molecule has 5 fully saturated rings. The van der Waals surface area contributed by atoms with Crippen LogP contribution in [0.1, 0.15) is 78.1 Å². The fraction of sp³-hybridized carbons (Fsp3) is 0.759. The molecule has 0 bridgehead atoms. The van der Waals surface area contributed by atoms with Crippen LogP contribution in [0.4, 0.5) is 0 Å². The van der Waals surface area contributed by atoms with Gasteiger partial charge in [0.2, 0.25) is 0 Å². The zero-order chi connectivity index (χ0) is 24.8. The predicted molar refractivity (Wildman–Crippen MR) is 137 cm³/mol. The Hall–Kier alpha value is -1.24. The lowest BCUT2D eigenvalue weighted by Gasteiger charge is -2.64. The van der Waals surface area contributed by atoms with E-state index in [1.165, 1.54) is 38.5 Å². The van der Waals surface area contributed by atoms with Crippen LogP contribution in [-0.2, 0) is 14.6 Å². The van der Waals surface area contributed by atoms with Crippen LogP contribution >= 0.6 is 0 Å². The number of carbonyl (C=O) groups is 1. The molecule has 35 heavy (non-hydrogen) atoms. The van der Waals surface area contributed by atoms with Crippen molar-refractivity contribution >= 4 is 15.7 Å². The summed E-state index contributed by atoms with van der Waals surface area (Å²) in [6.07, 6.45) is 11.4. The van der Waals surface area contributed by atoms with Gasteiger partial charge in [0.25, 0.3) is 0 Å². The number of benzene rings is 1. The Bertz CT molecular complexity index is 1120. The summed E-state index contributed by atoms with van der Waals surface area (Å²) in [6, 6.07) is 9.26. The first-order chi connectivity index (χ1) is 16.5. The third-order valence-electron chi connectivity index (χ3n) is 11.7. The third kappa shape index (κ3) is 3.31. The zero-order valence-electron chi connectivity index (χ0n) is 21.9. The van der Waals surface area contributed by atoms with Gasteiger partial charge in [-0.2, -0.15) is 4.59 Å². The van der Waals surface area contributed by atoms with Crippen LogP contribution in [0, 0.1) is 28.6 Å². The number of rotatable bonds is 4. The maximum absolute atomic E-state index is 14.4. The molecule has 5 aliphatic rings. The van der Waals surface area contributed by atoms with Crippen LogP contribution in [0.2, 0.25) is 0 Å². The van der Waals surface area contributed by atoms with E-state index >= 15 is 0 Å². The second-order valence-corrected chi connectivity index (χ2v) is 15.4. The first-order valence-corrected chi connectivity index (χ1v) is 15.5. The molecule has 8 atom stereocenters. The second-order valence-electron chi connectivity index (χ2n) is 13.3. The third-order valence-corrected chi connectivity index (χ3v) is 13.8. The van der Waals surface area contributed by atoms with E-state index in [1.54, 1.807) is 24.3 Å². The average molecular weight is 500 g/mol. The van der Waals surface area contributed by atoms with Crippen molar-refractivity contribution in [1.82, 2.24) is 5.01 Å². The number of likely N-dealkylation sites (tertiary alicyclic amines) is 1. The maximum atomic E-state index is 14.4. The summed E-state index contributed by atoms with van der Waals surface area (Å²) in [6.45, 7) is 4.90. The van der Waals surface area contributed by atoms with Crippen molar-refractivity contribution in [3.8, 4) is 0 Å². The van der Waals surface area contributed by atoms with Crippen LogP contribution in [0.5, 0.6) is 0 Å². The van der Waals surface area contributed by atoms with Crippen molar-refractivity contribution in [2.24, 2.45) is 28.6 Å². The van der Waals surface area contributed by atoms with Crippen LogP contribution in [0.3, 0.4) is 0 Å². The quantitative estimate of drug-likeness (QED) is 0.533. The van der Waals surface area contributed by atoms with E-state index < -0.39 is 15.1 Å². The van der Waals surface area contributed by atoms with Crippen LogP contribution in [0.15, 0.2) is 35.2 Å². The molecule has 1 aromatic rings. The van der Waals surface area contributed by atoms with Gasteiger partial charge in [0, 0.05) is 18.9 Å². The van der Waals surface area contributed by atoms with Crippen molar-refractivity contribution in [2.45, 2.75) is 100 Å². The number of fused-ring (bicyclic) bond motifs is 5. The van der Waals surface area contributed by atoms with E-state index in [1.807, 2.05) is 6.07 Å². The monoisotopic (exact) mass is 499 g/mol. The standard InChI is InChI=1S/C29H43N2O3S/c1-28-17-8-11-23(28)22-14-15-26-29(2,24(22)16-18-28)19-25(35(33,34)21-9-6-5-7-10-21)27(32)31(26,4)30(3)20-12-13-20/h5-7,9-10,20,22-26H,8,11-19H2,1-4H3/q+1/t22-,23-,24-,25?,26+,28-,29+,31?/m0/s1. The summed E-state index contributed by atoms with van der Waals surface area (Å²) in [5.74, 6) is 1.83. The van der Waals surface area contributed by atoms with Gasteiger partial charge in [-0.3, -0.25) is 0 Å². The molecule has 1 aliphatic heterocycles. The van der Waals surface area contributed by atoms with Crippen LogP contribution in [-0.4, -0.2) is 55.4 Å². The van der Waals surface area contributed by atoms with Crippen molar-refractivity contribution in [1.29, 1.82) is 0 Å². The van der Waals surface area contributed by atoms with Gasteiger partial charge in [-0.25, -0.2) is 13.2 Å². The highest BCUT2D eigenvalue weighted by Crippen LogP contribution is 2.66. The average Bonchev–Trinajstić information content (AvgIpc) is 3.61. The van der Waals surface area contributed by atoms with Gasteiger partial charge in [0.15, 0.2) is 15.1 Å². The number of hydrogen-bond donors (Lipinski definition) is 0. The molecule has 1 amide bonds. The summed E-state index contributed by atoms with van der Waals surface area (Å²) in [5, 5.41) is 1.27. The van der Waals surface area contributed by atoms with Crippen LogP contribution in [0.25, 0.3) is 0 Å². The Morgan fingerprint density at radius 2 is 1.66 bits per heavy atom. The minimum Gasteiger partial charge on any atom is -0.227 e. The molecule has 6 rings (SSSR count). The molecule has 0 radical (unpaired) electrons. The Morgan fingerprint density at radius 3 is 2.34 bits per heavy atom. The molecule has 4 saturated carbocycles. The minimum atomic E-state index is -3.77. The van der Waals surface area contributed by atoms with Gasteiger partial charge in [0.1, 0.15) is 6.04 Å². The molecule has 6 heteroatoms. The predicted octanol–water partition coefficient (Wildman–Crippen LogP) is 5.22. The van der Waals surface area contributed by atoms with Gasteiger partial charge < -0.3 is 0 Å². The topological polar surface area (TPSA) is 54.5 Å². The number of quaternary nitrogens is 1. The molecule has 192 valence electrons. The van der Waals surface area contributed by atoms with Gasteiger partial charge in [0.05, 0.1) is 18.0 Å². The lowest BCUT2D eigenvalue weighted by Crippen LogP contribution is -2.77. The van der Waals surface area contributed by atoms with Gasteiger partial charge in [-0.1, -0.05) is 38.5 Å². The molecule has 1 saturated heterocycles. The first kappa shape index (κ1) is 24.1. The highest BCUT2D eigenvalue weighted by atomic mass is 32.2. The summed E-state index contributed by atoms with van der Waals surface area (Å²) < 4.78 is 28.3. The summed E-state index contributed by atoms with van der Waals surface area (Å²) >= 11 is 0. The van der Waals surface area contributed by atoms with E-state index in [0.717, 1.165) is 25.2 Å². The van der Waals surface area contributed by atoms with Gasteiger partial charge >= 0.3 is 5.91 Å². The molecule has 2 unspecified atom stereocenters. The number of sulfone groups is 1. The van der Waals surface area contributed by atoms with Crippen molar-refractivity contribution in [3.63, 3.8) is 0 Å². The SMILES string of the molecule is CN(C1CC1)[N+]1(C)C(=O)C(S(=O)(=O)c2ccccc2)C[C@@]2(C)[C@H]1CC[C@H]1[C@@H]3CCC[C@@]3(C)CC[C@@H]12. The number of hydrogen-bond acceptors (Lipinski definition) is 4. The Balaban J connectivity index is 1.46. The molecular weight excluding hydrogens is 456 g/mol. The van der Waals surface area contributed by atoms with Crippen molar-refractivity contribution in [2.75, 3.05) is 14.1 Å². The number of piperidine rings is 1. The lowest BCUT2D eigenvalue weighted by atomic mass is 9.47. The van der Waals surface area contributed by atoms with E-state index in [0.29, 0.717) is 34.6 Å². The maximum Gasteiger partial charge on any atom is 0.351 e. The molecule has 0 spiro atoms. The van der Waals surface area contributed by atoms with Gasteiger partial charge in [-0.05, 0) is 86.7 Å². The molecule has 1 heterocycles. The summed E-state index contributed by atoms with van der Waals surface area (Å²) in [4.78, 5) is 14.7. The van der Waals surface area contributed by atoms with E-state index in [-0.39, 0.29) is 22.0 Å². The number of amides is 1. The molecule has 5 nitrogen and oxygen atoms in total. The molecule has 4 aliphatic carbocycles. The van der Waals surface area contributed by atoms with Gasteiger partial charge in [-0.15, -0.1) is 5.01 Å². The van der Waals surface area contributed by atoms with E-state index in [9.17, 15) is 13.2 Å². The molecule has 0 N–H and O–H groups in total. The second kappa shape index (κ2) is 7.88. The van der Waals surface area contributed by atoms with E-state index in [2.05, 4.69) is 33.0 Å². The van der Waals surface area contributed by atoms with E-state index in [4.69, 9.17) is 0 Å². The highest BCUT2D eigenvalue weighted by molar-refractivity contribution is 7.92. The molecule has 1 aromatic carbocycles. The molecule has 0 aromatic heterocycles. The summed E-state index contributed by atoms with van der Waals surface area (Å²) in [7, 11) is 0.364. The number of carbonyl (C=O) groups excluding carboxylic acids is 1. The van der Waals surface area contributed by atoms with Crippen molar-refractivity contribution < 1.29 is 17.8 Å².